The summed E-state index contributed by atoms with van der Waals surface area (Å²) in [5.74, 6) is -1.34. The van der Waals surface area contributed by atoms with Gasteiger partial charge in [-0.2, -0.15) is 0 Å². The van der Waals surface area contributed by atoms with E-state index in [9.17, 15) is 13.6 Å². The number of benzene rings is 2. The molecule has 0 atom stereocenters. The number of carbonyl (C=O) groups is 1. The summed E-state index contributed by atoms with van der Waals surface area (Å²) >= 11 is 2.95. The highest BCUT2D eigenvalue weighted by Crippen LogP contribution is 2.21. The fraction of sp³-hybridized carbons (Fsp3) is 0.188. The first-order valence-electron chi connectivity index (χ1n) is 6.60. The largest absolute Gasteiger partial charge is 0.326 e. The van der Waals surface area contributed by atoms with Crippen molar-refractivity contribution in [2.75, 3.05) is 17.3 Å². The molecule has 0 saturated heterocycles. The number of amides is 1. The van der Waals surface area contributed by atoms with Crippen molar-refractivity contribution in [1.29, 1.82) is 0 Å². The van der Waals surface area contributed by atoms with Gasteiger partial charge in [0.05, 0.1) is 0 Å². The third-order valence-corrected chi connectivity index (χ3v) is 4.60. The number of hydrogen-bond donors (Lipinski definition) is 1. The summed E-state index contributed by atoms with van der Waals surface area (Å²) in [5, 5.41) is 2.80. The van der Waals surface area contributed by atoms with E-state index in [-0.39, 0.29) is 5.91 Å². The lowest BCUT2D eigenvalue weighted by atomic mass is 10.3. The molecule has 0 spiro atoms. The lowest BCUT2D eigenvalue weighted by Crippen LogP contribution is -2.12. The molecule has 1 N–H and O–H groups in total. The predicted molar refractivity (Wildman–Crippen MR) is 88.6 cm³/mol. The number of nitrogens with one attached hydrogen (secondary N) is 1. The summed E-state index contributed by atoms with van der Waals surface area (Å²) in [7, 11) is 0. The van der Waals surface area contributed by atoms with Crippen LogP contribution in [0.15, 0.2) is 52.3 Å². The molecule has 0 aliphatic heterocycles. The maximum atomic E-state index is 13.0. The molecule has 116 valence electrons. The fourth-order valence-electron chi connectivity index (χ4n) is 1.73. The molecule has 2 aromatic rings. The van der Waals surface area contributed by atoms with E-state index in [2.05, 4.69) is 5.32 Å². The lowest BCUT2D eigenvalue weighted by Gasteiger charge is -2.06. The monoisotopic (exact) mass is 339 g/mol. The van der Waals surface area contributed by atoms with Gasteiger partial charge in [0.2, 0.25) is 5.91 Å². The fourth-order valence-corrected chi connectivity index (χ4v) is 3.01. The molecule has 0 radical (unpaired) electrons. The molecule has 0 bridgehead atoms. The summed E-state index contributed by atoms with van der Waals surface area (Å²) < 4.78 is 25.8. The molecule has 0 saturated carbocycles. The van der Waals surface area contributed by atoms with Crippen molar-refractivity contribution in [3.8, 4) is 0 Å². The van der Waals surface area contributed by atoms with Crippen molar-refractivity contribution >= 4 is 35.1 Å². The van der Waals surface area contributed by atoms with Gasteiger partial charge in [-0.3, -0.25) is 4.79 Å². The summed E-state index contributed by atoms with van der Waals surface area (Å²) in [4.78, 5) is 13.6. The van der Waals surface area contributed by atoms with Crippen LogP contribution in [0.4, 0.5) is 14.5 Å². The molecule has 1 amide bonds. The van der Waals surface area contributed by atoms with Gasteiger partial charge in [0.25, 0.3) is 0 Å². The summed E-state index contributed by atoms with van der Waals surface area (Å²) in [6, 6.07) is 11.3. The Labute approximate surface area is 136 Å². The van der Waals surface area contributed by atoms with Gasteiger partial charge in [-0.15, -0.1) is 23.5 Å². The van der Waals surface area contributed by atoms with Crippen LogP contribution < -0.4 is 5.32 Å². The molecule has 0 fully saturated rings. The van der Waals surface area contributed by atoms with Crippen LogP contribution in [0, 0.1) is 11.6 Å². The van der Waals surface area contributed by atoms with Crippen molar-refractivity contribution in [1.82, 2.24) is 0 Å². The minimum absolute atomic E-state index is 0.105. The van der Waals surface area contributed by atoms with Crippen LogP contribution in [0.2, 0.25) is 0 Å². The van der Waals surface area contributed by atoms with Crippen molar-refractivity contribution in [2.24, 2.45) is 0 Å². The van der Waals surface area contributed by atoms with Crippen LogP contribution in [0.3, 0.4) is 0 Å². The number of hydrogen-bond acceptors (Lipinski definition) is 3. The number of carbonyl (C=O) groups excluding carboxylic acids is 1. The maximum Gasteiger partial charge on any atom is 0.225 e. The Morgan fingerprint density at radius 2 is 1.73 bits per heavy atom. The van der Waals surface area contributed by atoms with Gasteiger partial charge in [0.1, 0.15) is 0 Å². The first-order chi connectivity index (χ1) is 10.6. The van der Waals surface area contributed by atoms with Crippen molar-refractivity contribution in [2.45, 2.75) is 16.2 Å². The second-order valence-electron chi connectivity index (χ2n) is 4.45. The SMILES string of the molecule is CSc1ccc(NC(=O)CCSc2ccc(F)c(F)c2)cc1. The molecule has 0 aromatic heterocycles. The van der Waals surface area contributed by atoms with Gasteiger partial charge in [-0.05, 0) is 48.7 Å². The summed E-state index contributed by atoms with van der Waals surface area (Å²) in [6.45, 7) is 0. The Morgan fingerprint density at radius 1 is 1.05 bits per heavy atom. The smallest absolute Gasteiger partial charge is 0.225 e. The van der Waals surface area contributed by atoms with Crippen LogP contribution in [0.5, 0.6) is 0 Å². The topological polar surface area (TPSA) is 29.1 Å². The van der Waals surface area contributed by atoms with E-state index in [4.69, 9.17) is 0 Å². The first kappa shape index (κ1) is 16.8. The summed E-state index contributed by atoms with van der Waals surface area (Å²) in [6.07, 6.45) is 2.29. The minimum Gasteiger partial charge on any atom is -0.326 e. The van der Waals surface area contributed by atoms with Crippen molar-refractivity contribution in [3.05, 3.63) is 54.1 Å². The van der Waals surface area contributed by atoms with Gasteiger partial charge in [0.15, 0.2) is 11.6 Å². The molecule has 0 aliphatic rings. The molecule has 0 unspecified atom stereocenters. The number of rotatable bonds is 6. The average molecular weight is 339 g/mol. The molecule has 2 rings (SSSR count). The molecule has 6 heteroatoms. The van der Waals surface area contributed by atoms with Gasteiger partial charge in [-0.25, -0.2) is 8.78 Å². The Balaban J connectivity index is 1.78. The number of halogens is 2. The predicted octanol–water partition coefficient (Wildman–Crippen LogP) is 4.81. The summed E-state index contributed by atoms with van der Waals surface area (Å²) in [5.41, 5.74) is 0.751. The Morgan fingerprint density at radius 3 is 2.36 bits per heavy atom. The normalized spacial score (nSPS) is 10.5. The molecule has 2 aromatic carbocycles. The zero-order valence-electron chi connectivity index (χ0n) is 11.9. The third kappa shape index (κ3) is 5.03. The molecule has 2 nitrogen and oxygen atoms in total. The Hall–Kier alpha value is -1.53. The van der Waals surface area contributed by atoms with E-state index in [1.165, 1.54) is 17.8 Å². The molecule has 0 heterocycles. The van der Waals surface area contributed by atoms with Gasteiger partial charge in [-0.1, -0.05) is 0 Å². The maximum absolute atomic E-state index is 13.0. The highest BCUT2D eigenvalue weighted by Gasteiger charge is 2.06. The minimum atomic E-state index is -0.872. The van der Waals surface area contributed by atoms with Crippen LogP contribution in [-0.4, -0.2) is 17.9 Å². The number of anilines is 1. The van der Waals surface area contributed by atoms with Gasteiger partial charge in [0, 0.05) is 27.7 Å². The van der Waals surface area contributed by atoms with Crippen LogP contribution >= 0.6 is 23.5 Å². The van der Waals surface area contributed by atoms with Crippen LogP contribution in [-0.2, 0) is 4.79 Å². The Kier molecular flexibility index (Phi) is 6.27. The van der Waals surface area contributed by atoms with Gasteiger partial charge >= 0.3 is 0 Å². The first-order valence-corrected chi connectivity index (χ1v) is 8.81. The zero-order chi connectivity index (χ0) is 15.9. The highest BCUT2D eigenvalue weighted by atomic mass is 32.2. The highest BCUT2D eigenvalue weighted by molar-refractivity contribution is 7.99. The number of thioether (sulfide) groups is 2. The quantitative estimate of drug-likeness (QED) is 0.766. The zero-order valence-corrected chi connectivity index (χ0v) is 13.6. The van der Waals surface area contributed by atoms with Crippen LogP contribution in [0.1, 0.15) is 6.42 Å². The third-order valence-electron chi connectivity index (χ3n) is 2.86. The standard InChI is InChI=1S/C16H15F2NOS2/c1-21-12-4-2-11(3-5-12)19-16(20)8-9-22-13-6-7-14(17)15(18)10-13/h2-7,10H,8-9H2,1H3,(H,19,20). The van der Waals surface area contributed by atoms with E-state index in [0.29, 0.717) is 17.1 Å². The van der Waals surface area contributed by atoms with Gasteiger partial charge < -0.3 is 5.32 Å². The molecule has 0 aliphatic carbocycles. The van der Waals surface area contributed by atoms with Crippen molar-refractivity contribution in [3.63, 3.8) is 0 Å². The van der Waals surface area contributed by atoms with Crippen LogP contribution in [0.25, 0.3) is 0 Å². The van der Waals surface area contributed by atoms with E-state index in [1.807, 2.05) is 30.5 Å². The van der Waals surface area contributed by atoms with E-state index in [0.717, 1.165) is 22.7 Å². The second kappa shape index (κ2) is 8.19. The van der Waals surface area contributed by atoms with E-state index < -0.39 is 11.6 Å². The lowest BCUT2D eigenvalue weighted by molar-refractivity contribution is -0.115. The van der Waals surface area contributed by atoms with E-state index >= 15 is 0 Å². The molecular weight excluding hydrogens is 324 g/mol. The average Bonchev–Trinajstić information content (AvgIpc) is 2.51. The Bertz CT molecular complexity index is 647. The molecule has 22 heavy (non-hydrogen) atoms. The van der Waals surface area contributed by atoms with Crippen molar-refractivity contribution < 1.29 is 13.6 Å². The molecular formula is C16H15F2NOS2. The second-order valence-corrected chi connectivity index (χ2v) is 6.50. The van der Waals surface area contributed by atoms with E-state index in [1.54, 1.807) is 11.8 Å².